The Morgan fingerprint density at radius 1 is 0.375 bits per heavy atom. The molecule has 0 amide bonds. The first-order chi connectivity index (χ1) is 0. The van der Waals surface area contributed by atoms with Gasteiger partial charge in [0, 0.05) is 54.6 Å². The predicted octanol–water partition coefficient (Wildman–Crippen LogP) is -5.89. The van der Waals surface area contributed by atoms with Gasteiger partial charge in [-0.05, 0) is 0 Å². The van der Waals surface area contributed by atoms with Crippen LogP contribution in [0.5, 0.6) is 0 Å². The molecule has 0 saturated heterocycles. The Kier molecular flexibility index (Phi) is 985. The second-order valence-electron chi connectivity index (χ2n) is 0. The third-order valence-electron chi connectivity index (χ3n) is 0. The molecule has 0 heterocycles. The molecule has 8 heteroatoms. The van der Waals surface area contributed by atoms with Crippen LogP contribution in [0.25, 0.3) is 0 Å². The molecule has 8 heavy (non-hydrogen) atoms. The van der Waals surface area contributed by atoms with E-state index in [9.17, 15) is 0 Å². The number of rotatable bonds is 0. The summed E-state index contributed by atoms with van der Waals surface area (Å²) < 4.78 is 0. The molecule has 0 aliphatic carbocycles. The molecule has 0 aliphatic heterocycles. The maximum absolute atomic E-state index is 0. The second kappa shape index (κ2) is 76.8. The molecule has 0 bridgehead atoms. The SMILES string of the molecule is O.O.O.O.[PbH2].[PbH2].[Pb].[Pb]. The zero-order valence-corrected chi connectivity index (χ0v) is 23.2. The van der Waals surface area contributed by atoms with Crippen molar-refractivity contribution in [2.45, 2.75) is 0 Å². The quantitative estimate of drug-likeness (QED) is 0.215. The van der Waals surface area contributed by atoms with E-state index in [0.717, 1.165) is 0 Å². The van der Waals surface area contributed by atoms with Gasteiger partial charge in [0.1, 0.15) is 0 Å². The standard InChI is InChI=1S/4H2O.4Pb.4H/h4*1H2;;;;;;;;. The molecule has 0 aromatic carbocycles. The van der Waals surface area contributed by atoms with Crippen LogP contribution in [0.15, 0.2) is 0 Å². The Hall–Kier alpha value is 3.53. The Morgan fingerprint density at radius 3 is 0.375 bits per heavy atom. The topological polar surface area (TPSA) is 126 Å². The summed E-state index contributed by atoms with van der Waals surface area (Å²) in [6, 6.07) is 0. The first kappa shape index (κ1) is 103. The van der Waals surface area contributed by atoms with Crippen LogP contribution in [-0.2, 0) is 0 Å². The summed E-state index contributed by atoms with van der Waals surface area (Å²) in [6.45, 7) is 0. The monoisotopic (exact) mass is 908 g/mol. The molecule has 0 aromatic heterocycles. The van der Waals surface area contributed by atoms with Gasteiger partial charge in [-0.25, -0.2) is 0 Å². The molecule has 0 atom stereocenters. The van der Waals surface area contributed by atoms with E-state index in [2.05, 4.69) is 0 Å². The summed E-state index contributed by atoms with van der Waals surface area (Å²) in [5.74, 6) is 0. The van der Waals surface area contributed by atoms with Crippen molar-refractivity contribution in [3.8, 4) is 0 Å². The predicted molar refractivity (Wildman–Crippen MR) is 43.1 cm³/mol. The van der Waals surface area contributed by atoms with Crippen molar-refractivity contribution < 1.29 is 21.9 Å². The summed E-state index contributed by atoms with van der Waals surface area (Å²) in [4.78, 5) is 0. The average Bonchev–Trinajstić information content (AvgIpc) is 0. The van der Waals surface area contributed by atoms with Crippen molar-refractivity contribution in [3.63, 3.8) is 0 Å². The zero-order chi connectivity index (χ0) is 0. The molecular formula is H12O4Pb4. The van der Waals surface area contributed by atoms with E-state index >= 15 is 0 Å². The molecule has 0 aromatic rings. The van der Waals surface area contributed by atoms with E-state index in [1.807, 2.05) is 0 Å². The van der Waals surface area contributed by atoms with Crippen molar-refractivity contribution in [2.75, 3.05) is 0 Å². The van der Waals surface area contributed by atoms with Crippen molar-refractivity contribution in [1.29, 1.82) is 0 Å². The van der Waals surface area contributed by atoms with Gasteiger partial charge >= 0.3 is 54.6 Å². The molecule has 0 saturated carbocycles. The van der Waals surface area contributed by atoms with E-state index in [0.29, 0.717) is 0 Å². The Labute approximate surface area is 128 Å². The fraction of sp³-hybridized carbons (Fsp3) is 0. The van der Waals surface area contributed by atoms with Crippen molar-refractivity contribution in [2.24, 2.45) is 0 Å². The third-order valence-corrected chi connectivity index (χ3v) is 0. The summed E-state index contributed by atoms with van der Waals surface area (Å²) in [5, 5.41) is 0. The molecule has 4 nitrogen and oxygen atoms in total. The van der Waals surface area contributed by atoms with Crippen LogP contribution < -0.4 is 0 Å². The summed E-state index contributed by atoms with van der Waals surface area (Å²) in [5.41, 5.74) is 0. The van der Waals surface area contributed by atoms with Gasteiger partial charge in [-0.1, -0.05) is 0 Å². The van der Waals surface area contributed by atoms with E-state index in [4.69, 9.17) is 0 Å². The van der Waals surface area contributed by atoms with Gasteiger partial charge in [0.2, 0.25) is 0 Å². The van der Waals surface area contributed by atoms with E-state index in [1.54, 1.807) is 0 Å². The van der Waals surface area contributed by atoms with Crippen LogP contribution in [-0.4, -0.2) is 131 Å². The molecule has 0 rings (SSSR count). The first-order valence-electron chi connectivity index (χ1n) is 0. The van der Waals surface area contributed by atoms with E-state index in [-0.39, 0.29) is 131 Å². The molecule has 12 radical (unpaired) electrons. The van der Waals surface area contributed by atoms with Gasteiger partial charge in [-0.2, -0.15) is 0 Å². The van der Waals surface area contributed by atoms with Gasteiger partial charge in [0.25, 0.3) is 0 Å². The van der Waals surface area contributed by atoms with Gasteiger partial charge in [0.15, 0.2) is 0 Å². The smallest absolute Gasteiger partial charge is 0 e. The van der Waals surface area contributed by atoms with E-state index < -0.39 is 0 Å². The normalized spacial score (nSPS) is 0. The molecule has 0 spiro atoms. The van der Waals surface area contributed by atoms with Gasteiger partial charge in [-0.3, -0.25) is 0 Å². The molecule has 8 N–H and O–H groups in total. The Balaban J connectivity index is 0. The minimum atomic E-state index is 0. The number of hydrogen-bond donors (Lipinski definition) is 0. The van der Waals surface area contributed by atoms with Crippen LogP contribution in [0.1, 0.15) is 0 Å². The summed E-state index contributed by atoms with van der Waals surface area (Å²) in [7, 11) is 0. The minimum Gasteiger partial charge on any atom is 0 e. The molecular weight excluding hydrogens is 893 g/mol. The van der Waals surface area contributed by atoms with Crippen LogP contribution >= 0.6 is 0 Å². The van der Waals surface area contributed by atoms with Crippen LogP contribution in [0.4, 0.5) is 0 Å². The third kappa shape index (κ3) is 55.7. The average molecular weight is 905 g/mol. The maximum Gasteiger partial charge on any atom is 0 e. The second-order valence-corrected chi connectivity index (χ2v) is 0. The summed E-state index contributed by atoms with van der Waals surface area (Å²) in [6.07, 6.45) is 0. The van der Waals surface area contributed by atoms with Gasteiger partial charge in [-0.15, -0.1) is 0 Å². The van der Waals surface area contributed by atoms with Crippen molar-refractivity contribution in [3.05, 3.63) is 0 Å². The minimum absolute atomic E-state index is 0. The largest absolute Gasteiger partial charge is 0 e. The van der Waals surface area contributed by atoms with Crippen LogP contribution in [0.3, 0.4) is 0 Å². The number of hydrogen-bond acceptors (Lipinski definition) is 0. The van der Waals surface area contributed by atoms with Crippen LogP contribution in [0, 0.1) is 0 Å². The summed E-state index contributed by atoms with van der Waals surface area (Å²) >= 11 is 0. The first-order valence-corrected chi connectivity index (χ1v) is 0. The molecule has 52 valence electrons. The van der Waals surface area contributed by atoms with Crippen LogP contribution in [0.2, 0.25) is 0 Å². The Morgan fingerprint density at radius 2 is 0.375 bits per heavy atom. The van der Waals surface area contributed by atoms with Gasteiger partial charge < -0.3 is 21.9 Å². The van der Waals surface area contributed by atoms with Crippen molar-refractivity contribution in [1.82, 2.24) is 0 Å². The fourth-order valence-electron chi connectivity index (χ4n) is 0. The zero-order valence-electron chi connectivity index (χ0n) is 4.41. The van der Waals surface area contributed by atoms with Gasteiger partial charge in [0.05, 0.1) is 0 Å². The molecule has 0 fully saturated rings. The molecule has 0 aliphatic rings. The maximum atomic E-state index is 0. The van der Waals surface area contributed by atoms with E-state index in [1.165, 1.54) is 0 Å². The van der Waals surface area contributed by atoms with Crippen molar-refractivity contribution >= 4 is 109 Å². The fourth-order valence-corrected chi connectivity index (χ4v) is 0. The molecule has 0 unspecified atom stereocenters. The Bertz CT molecular complexity index is 8.00.